The quantitative estimate of drug-likeness (QED) is 0.781. The summed E-state index contributed by atoms with van der Waals surface area (Å²) in [4.78, 5) is 31.4. The van der Waals surface area contributed by atoms with Crippen molar-refractivity contribution in [1.82, 2.24) is 10.2 Å². The smallest absolute Gasteiger partial charge is 0.275 e. The van der Waals surface area contributed by atoms with Crippen molar-refractivity contribution in [3.8, 4) is 11.5 Å². The second-order valence-corrected chi connectivity index (χ2v) is 7.18. The minimum absolute atomic E-state index is 0.0705. The van der Waals surface area contributed by atoms with Crippen LogP contribution in [0.2, 0.25) is 0 Å². The molecule has 0 unspecified atom stereocenters. The second kappa shape index (κ2) is 8.34. The van der Waals surface area contributed by atoms with Gasteiger partial charge in [0.1, 0.15) is 17.9 Å². The molecule has 0 aromatic heterocycles. The first-order chi connectivity index (χ1) is 13.9. The van der Waals surface area contributed by atoms with Gasteiger partial charge in [-0.05, 0) is 31.5 Å². The Morgan fingerprint density at radius 1 is 1.07 bits per heavy atom. The summed E-state index contributed by atoms with van der Waals surface area (Å²) in [6, 6.07) is 14.7. The maximum Gasteiger partial charge on any atom is 0.275 e. The molecule has 0 spiro atoms. The Morgan fingerprint density at radius 3 is 2.41 bits per heavy atom. The van der Waals surface area contributed by atoms with Gasteiger partial charge < -0.3 is 19.7 Å². The zero-order valence-corrected chi connectivity index (χ0v) is 17.1. The number of nitrogens with zero attached hydrogens (tertiary/aromatic N) is 2. The maximum absolute atomic E-state index is 12.9. The van der Waals surface area contributed by atoms with Crippen LogP contribution in [-0.2, 0) is 16.1 Å². The van der Waals surface area contributed by atoms with E-state index in [2.05, 4.69) is 10.3 Å². The molecule has 0 atom stereocenters. The Labute approximate surface area is 170 Å². The molecule has 0 fully saturated rings. The molecule has 0 bridgehead atoms. The lowest BCUT2D eigenvalue weighted by Gasteiger charge is -2.28. The van der Waals surface area contributed by atoms with Gasteiger partial charge in [0.05, 0.1) is 14.2 Å². The molecule has 29 heavy (non-hydrogen) atoms. The molecule has 1 aliphatic rings. The Kier molecular flexibility index (Phi) is 5.87. The van der Waals surface area contributed by atoms with Gasteiger partial charge in [-0.15, -0.1) is 0 Å². The van der Waals surface area contributed by atoms with Gasteiger partial charge in [0.2, 0.25) is 5.91 Å². The van der Waals surface area contributed by atoms with E-state index in [0.717, 1.165) is 11.1 Å². The van der Waals surface area contributed by atoms with Crippen molar-refractivity contribution < 1.29 is 19.1 Å². The zero-order valence-electron chi connectivity index (χ0n) is 17.1. The largest absolute Gasteiger partial charge is 0.493 e. The SMILES string of the molecule is COc1ccc(CNC(=O)CN2C(=O)C(c3ccccc3)=NC2(C)C)cc1OC. The van der Waals surface area contributed by atoms with Gasteiger partial charge in [-0.2, -0.15) is 0 Å². The highest BCUT2D eigenvalue weighted by atomic mass is 16.5. The number of carbonyl (C=O) groups excluding carboxylic acids is 2. The van der Waals surface area contributed by atoms with Gasteiger partial charge >= 0.3 is 0 Å². The number of hydrogen-bond donors (Lipinski definition) is 1. The second-order valence-electron chi connectivity index (χ2n) is 7.18. The molecule has 0 radical (unpaired) electrons. The molecule has 7 heteroatoms. The third-order valence-corrected chi connectivity index (χ3v) is 4.78. The van der Waals surface area contributed by atoms with E-state index in [1.165, 1.54) is 4.90 Å². The molecule has 1 aliphatic heterocycles. The van der Waals surface area contributed by atoms with Crippen LogP contribution in [0, 0.1) is 0 Å². The molecule has 1 heterocycles. The number of ether oxygens (including phenoxy) is 2. The van der Waals surface area contributed by atoms with E-state index in [1.54, 1.807) is 26.4 Å². The van der Waals surface area contributed by atoms with Crippen LogP contribution < -0.4 is 14.8 Å². The number of benzene rings is 2. The molecule has 0 aliphatic carbocycles. The molecule has 1 N–H and O–H groups in total. The highest BCUT2D eigenvalue weighted by Gasteiger charge is 2.41. The van der Waals surface area contributed by atoms with E-state index >= 15 is 0 Å². The van der Waals surface area contributed by atoms with Crippen LogP contribution in [-0.4, -0.2) is 48.9 Å². The first-order valence-electron chi connectivity index (χ1n) is 9.30. The van der Waals surface area contributed by atoms with E-state index < -0.39 is 5.66 Å². The molecule has 2 aromatic rings. The molecule has 2 aromatic carbocycles. The molecule has 7 nitrogen and oxygen atoms in total. The van der Waals surface area contributed by atoms with Crippen LogP contribution in [0.25, 0.3) is 0 Å². The van der Waals surface area contributed by atoms with E-state index in [1.807, 2.05) is 50.2 Å². The fourth-order valence-corrected chi connectivity index (χ4v) is 3.20. The lowest BCUT2D eigenvalue weighted by atomic mass is 10.1. The van der Waals surface area contributed by atoms with Crippen LogP contribution in [0.4, 0.5) is 0 Å². The van der Waals surface area contributed by atoms with Gasteiger partial charge in [0.25, 0.3) is 5.91 Å². The van der Waals surface area contributed by atoms with Crippen LogP contribution in [0.15, 0.2) is 53.5 Å². The minimum Gasteiger partial charge on any atom is -0.493 e. The van der Waals surface area contributed by atoms with Crippen molar-refractivity contribution in [2.75, 3.05) is 20.8 Å². The van der Waals surface area contributed by atoms with Gasteiger partial charge in [0, 0.05) is 12.1 Å². The molecule has 0 saturated heterocycles. The summed E-state index contributed by atoms with van der Waals surface area (Å²) in [5.41, 5.74) is 1.20. The third kappa shape index (κ3) is 4.39. The number of methoxy groups -OCH3 is 2. The first kappa shape index (κ1) is 20.4. The van der Waals surface area contributed by atoms with Crippen molar-refractivity contribution in [1.29, 1.82) is 0 Å². The fraction of sp³-hybridized carbons (Fsp3) is 0.318. The zero-order chi connectivity index (χ0) is 21.0. The van der Waals surface area contributed by atoms with E-state index in [9.17, 15) is 9.59 Å². The lowest BCUT2D eigenvalue weighted by molar-refractivity contribution is -0.134. The Balaban J connectivity index is 1.64. The van der Waals surface area contributed by atoms with E-state index in [0.29, 0.717) is 23.8 Å². The van der Waals surface area contributed by atoms with Crippen LogP contribution in [0.1, 0.15) is 25.0 Å². The number of rotatable bonds is 7. The third-order valence-electron chi connectivity index (χ3n) is 4.78. The van der Waals surface area contributed by atoms with Crippen molar-refractivity contribution in [3.63, 3.8) is 0 Å². The van der Waals surface area contributed by atoms with Gasteiger partial charge in [0.15, 0.2) is 11.5 Å². The normalized spacial score (nSPS) is 15.1. The number of aliphatic imine (C=N–C) groups is 1. The molecule has 2 amide bonds. The summed E-state index contributed by atoms with van der Waals surface area (Å²) in [7, 11) is 3.13. The Bertz CT molecular complexity index is 938. The van der Waals surface area contributed by atoms with Crippen molar-refractivity contribution >= 4 is 17.5 Å². The summed E-state index contributed by atoms with van der Waals surface area (Å²) in [6.07, 6.45) is 0. The summed E-state index contributed by atoms with van der Waals surface area (Å²) in [5.74, 6) is 0.710. The molecule has 3 rings (SSSR count). The first-order valence-corrected chi connectivity index (χ1v) is 9.30. The lowest BCUT2D eigenvalue weighted by Crippen LogP contribution is -2.48. The molecular formula is C22H25N3O4. The van der Waals surface area contributed by atoms with Crippen molar-refractivity contribution in [2.24, 2.45) is 4.99 Å². The summed E-state index contributed by atoms with van der Waals surface area (Å²) in [5, 5.41) is 2.85. The topological polar surface area (TPSA) is 80.2 Å². The van der Waals surface area contributed by atoms with Crippen LogP contribution in [0.3, 0.4) is 0 Å². The monoisotopic (exact) mass is 395 g/mol. The standard InChI is InChI=1S/C22H25N3O4/c1-22(2)24-20(16-8-6-5-7-9-16)21(27)25(22)14-19(26)23-13-15-10-11-17(28-3)18(12-15)29-4/h5-12H,13-14H2,1-4H3,(H,23,26). The molecular weight excluding hydrogens is 370 g/mol. The highest BCUT2D eigenvalue weighted by molar-refractivity contribution is 6.46. The summed E-state index contributed by atoms with van der Waals surface area (Å²) < 4.78 is 10.5. The maximum atomic E-state index is 12.9. The van der Waals surface area contributed by atoms with Crippen molar-refractivity contribution in [3.05, 3.63) is 59.7 Å². The number of carbonyl (C=O) groups is 2. The predicted octanol–water partition coefficient (Wildman–Crippen LogP) is 2.39. The minimum atomic E-state index is -0.789. The Morgan fingerprint density at radius 2 is 1.76 bits per heavy atom. The molecule has 0 saturated carbocycles. The fourth-order valence-electron chi connectivity index (χ4n) is 3.20. The molecule has 152 valence electrons. The van der Waals surface area contributed by atoms with Gasteiger partial charge in [-0.1, -0.05) is 36.4 Å². The van der Waals surface area contributed by atoms with E-state index in [-0.39, 0.29) is 18.4 Å². The van der Waals surface area contributed by atoms with Crippen LogP contribution in [0.5, 0.6) is 11.5 Å². The highest BCUT2D eigenvalue weighted by Crippen LogP contribution is 2.28. The summed E-state index contributed by atoms with van der Waals surface area (Å²) in [6.45, 7) is 3.89. The average molecular weight is 395 g/mol. The van der Waals surface area contributed by atoms with Gasteiger partial charge in [-0.3, -0.25) is 14.6 Å². The number of hydrogen-bond acceptors (Lipinski definition) is 5. The predicted molar refractivity (Wildman–Crippen MR) is 110 cm³/mol. The number of amides is 2. The number of nitrogens with one attached hydrogen (secondary N) is 1. The van der Waals surface area contributed by atoms with E-state index in [4.69, 9.17) is 9.47 Å². The van der Waals surface area contributed by atoms with Crippen LogP contribution >= 0.6 is 0 Å². The summed E-state index contributed by atoms with van der Waals surface area (Å²) >= 11 is 0. The van der Waals surface area contributed by atoms with Gasteiger partial charge in [-0.25, -0.2) is 0 Å². The van der Waals surface area contributed by atoms with Crippen molar-refractivity contribution in [2.45, 2.75) is 26.1 Å². The average Bonchev–Trinajstić information content (AvgIpc) is 2.96. The Hall–Kier alpha value is -3.35.